The van der Waals surface area contributed by atoms with Crippen LogP contribution in [0.4, 0.5) is 0 Å². The van der Waals surface area contributed by atoms with E-state index in [-0.39, 0.29) is 6.04 Å². The van der Waals surface area contributed by atoms with Crippen LogP contribution >= 0.6 is 11.6 Å². The highest BCUT2D eigenvalue weighted by Gasteiger charge is 2.25. The van der Waals surface area contributed by atoms with Gasteiger partial charge in [0.05, 0.1) is 16.4 Å². The summed E-state index contributed by atoms with van der Waals surface area (Å²) >= 11 is 6.28. The lowest BCUT2D eigenvalue weighted by Crippen LogP contribution is -2.35. The maximum atomic E-state index is 6.37. The number of hydrogen-bond donors (Lipinski definition) is 1. The predicted molar refractivity (Wildman–Crippen MR) is 75.8 cm³/mol. The molecule has 1 aromatic rings. The molecule has 0 bridgehead atoms. The zero-order chi connectivity index (χ0) is 13.3. The Labute approximate surface area is 115 Å². The summed E-state index contributed by atoms with van der Waals surface area (Å²) in [6, 6.07) is 0.213. The SMILES string of the molecule is Cc1nn(C)c(CC(N)C2CCC(C)CC2)c1Cl. The third-order valence-corrected chi connectivity index (χ3v) is 4.85. The fourth-order valence-electron chi connectivity index (χ4n) is 3.01. The largest absolute Gasteiger partial charge is 0.327 e. The van der Waals surface area contributed by atoms with E-state index in [1.807, 2.05) is 18.7 Å². The second-order valence-corrected chi connectivity index (χ2v) is 6.24. The molecule has 1 aliphatic rings. The van der Waals surface area contributed by atoms with Gasteiger partial charge in [-0.05, 0) is 31.6 Å². The van der Waals surface area contributed by atoms with Crippen molar-refractivity contribution in [3.63, 3.8) is 0 Å². The van der Waals surface area contributed by atoms with Crippen molar-refractivity contribution in [1.82, 2.24) is 9.78 Å². The molecule has 1 aromatic heterocycles. The average Bonchev–Trinajstić information content (AvgIpc) is 2.57. The summed E-state index contributed by atoms with van der Waals surface area (Å²) in [7, 11) is 1.95. The molecule has 0 spiro atoms. The van der Waals surface area contributed by atoms with Crippen molar-refractivity contribution in [2.45, 2.75) is 52.0 Å². The van der Waals surface area contributed by atoms with Crippen LogP contribution in [0.2, 0.25) is 5.02 Å². The third-order valence-electron chi connectivity index (χ3n) is 4.36. The molecule has 0 amide bonds. The molecule has 1 aliphatic carbocycles. The summed E-state index contributed by atoms with van der Waals surface area (Å²) in [5, 5.41) is 5.14. The number of aryl methyl sites for hydroxylation is 2. The molecule has 1 atom stereocenters. The van der Waals surface area contributed by atoms with E-state index in [0.29, 0.717) is 5.92 Å². The molecule has 1 fully saturated rings. The van der Waals surface area contributed by atoms with Gasteiger partial charge in [-0.25, -0.2) is 0 Å². The maximum Gasteiger partial charge on any atom is 0.0847 e. The monoisotopic (exact) mass is 269 g/mol. The van der Waals surface area contributed by atoms with Gasteiger partial charge in [-0.2, -0.15) is 5.10 Å². The molecule has 18 heavy (non-hydrogen) atoms. The van der Waals surface area contributed by atoms with Gasteiger partial charge in [0.1, 0.15) is 0 Å². The van der Waals surface area contributed by atoms with Crippen LogP contribution in [-0.4, -0.2) is 15.8 Å². The van der Waals surface area contributed by atoms with Crippen LogP contribution < -0.4 is 5.73 Å². The van der Waals surface area contributed by atoms with Crippen molar-refractivity contribution in [3.8, 4) is 0 Å². The highest BCUT2D eigenvalue weighted by atomic mass is 35.5. The van der Waals surface area contributed by atoms with Crippen LogP contribution in [0, 0.1) is 18.8 Å². The predicted octanol–water partition coefficient (Wildman–Crippen LogP) is 3.08. The summed E-state index contributed by atoms with van der Waals surface area (Å²) < 4.78 is 1.88. The van der Waals surface area contributed by atoms with Gasteiger partial charge >= 0.3 is 0 Å². The van der Waals surface area contributed by atoms with E-state index in [1.165, 1.54) is 25.7 Å². The van der Waals surface area contributed by atoms with Gasteiger partial charge in [0.15, 0.2) is 0 Å². The first-order valence-electron chi connectivity index (χ1n) is 6.92. The molecular formula is C14H24ClN3. The number of nitrogens with two attached hydrogens (primary N) is 1. The first-order valence-corrected chi connectivity index (χ1v) is 7.30. The molecule has 3 nitrogen and oxygen atoms in total. The second-order valence-electron chi connectivity index (χ2n) is 5.86. The van der Waals surface area contributed by atoms with Gasteiger partial charge in [0.25, 0.3) is 0 Å². The maximum absolute atomic E-state index is 6.37. The van der Waals surface area contributed by atoms with Gasteiger partial charge in [0.2, 0.25) is 0 Å². The van der Waals surface area contributed by atoms with Gasteiger partial charge in [-0.3, -0.25) is 4.68 Å². The van der Waals surface area contributed by atoms with Crippen molar-refractivity contribution < 1.29 is 0 Å². The van der Waals surface area contributed by atoms with Gasteiger partial charge in [-0.1, -0.05) is 31.4 Å². The number of rotatable bonds is 3. The lowest BCUT2D eigenvalue weighted by molar-refractivity contribution is 0.252. The van der Waals surface area contributed by atoms with Gasteiger partial charge in [-0.15, -0.1) is 0 Å². The smallest absolute Gasteiger partial charge is 0.0847 e. The molecule has 2 rings (SSSR count). The third kappa shape index (κ3) is 2.89. The van der Waals surface area contributed by atoms with Crippen molar-refractivity contribution in [3.05, 3.63) is 16.4 Å². The molecule has 102 valence electrons. The van der Waals surface area contributed by atoms with E-state index in [4.69, 9.17) is 17.3 Å². The highest BCUT2D eigenvalue weighted by Crippen LogP contribution is 2.31. The summed E-state index contributed by atoms with van der Waals surface area (Å²) in [6.45, 7) is 4.28. The lowest BCUT2D eigenvalue weighted by atomic mass is 9.78. The van der Waals surface area contributed by atoms with Crippen LogP contribution in [0.5, 0.6) is 0 Å². The number of hydrogen-bond acceptors (Lipinski definition) is 2. The summed E-state index contributed by atoms with van der Waals surface area (Å²) in [4.78, 5) is 0. The molecule has 1 heterocycles. The van der Waals surface area contributed by atoms with Gasteiger partial charge < -0.3 is 5.73 Å². The first kappa shape index (κ1) is 13.9. The minimum atomic E-state index is 0.213. The molecule has 0 radical (unpaired) electrons. The molecule has 0 aliphatic heterocycles. The molecule has 0 saturated heterocycles. The van der Waals surface area contributed by atoms with E-state index in [9.17, 15) is 0 Å². The Morgan fingerprint density at radius 3 is 2.50 bits per heavy atom. The van der Waals surface area contributed by atoms with Crippen molar-refractivity contribution in [1.29, 1.82) is 0 Å². The van der Waals surface area contributed by atoms with Crippen LogP contribution in [0.3, 0.4) is 0 Å². The van der Waals surface area contributed by atoms with Crippen molar-refractivity contribution in [2.24, 2.45) is 24.6 Å². The minimum absolute atomic E-state index is 0.213. The fraction of sp³-hybridized carbons (Fsp3) is 0.786. The van der Waals surface area contributed by atoms with E-state index in [2.05, 4.69) is 12.0 Å². The number of nitrogens with zero attached hydrogens (tertiary/aromatic N) is 2. The Morgan fingerprint density at radius 2 is 2.00 bits per heavy atom. The van der Waals surface area contributed by atoms with Crippen LogP contribution in [-0.2, 0) is 13.5 Å². The lowest BCUT2D eigenvalue weighted by Gasteiger charge is -2.30. The Kier molecular flexibility index (Phi) is 4.33. The molecule has 2 N–H and O–H groups in total. The highest BCUT2D eigenvalue weighted by molar-refractivity contribution is 6.31. The summed E-state index contributed by atoms with van der Waals surface area (Å²) in [6.07, 6.45) is 6.00. The van der Waals surface area contributed by atoms with E-state index in [0.717, 1.165) is 28.7 Å². The minimum Gasteiger partial charge on any atom is -0.327 e. The molecule has 1 unspecified atom stereocenters. The topological polar surface area (TPSA) is 43.8 Å². The zero-order valence-corrected chi connectivity index (χ0v) is 12.4. The summed E-state index contributed by atoms with van der Waals surface area (Å²) in [5.74, 6) is 1.52. The van der Waals surface area contributed by atoms with E-state index in [1.54, 1.807) is 0 Å². The molecule has 1 saturated carbocycles. The van der Waals surface area contributed by atoms with E-state index >= 15 is 0 Å². The summed E-state index contributed by atoms with van der Waals surface area (Å²) in [5.41, 5.74) is 8.36. The normalized spacial score (nSPS) is 26.3. The quantitative estimate of drug-likeness (QED) is 0.916. The number of halogens is 1. The molecular weight excluding hydrogens is 246 g/mol. The Balaban J connectivity index is 2.00. The van der Waals surface area contributed by atoms with Crippen LogP contribution in [0.25, 0.3) is 0 Å². The average molecular weight is 270 g/mol. The molecule has 0 aromatic carbocycles. The molecule has 4 heteroatoms. The van der Waals surface area contributed by atoms with Crippen molar-refractivity contribution in [2.75, 3.05) is 0 Å². The first-order chi connectivity index (χ1) is 8.49. The second kappa shape index (κ2) is 5.62. The van der Waals surface area contributed by atoms with E-state index < -0.39 is 0 Å². The van der Waals surface area contributed by atoms with Crippen LogP contribution in [0.15, 0.2) is 0 Å². The Bertz CT molecular complexity index is 405. The van der Waals surface area contributed by atoms with Crippen LogP contribution in [0.1, 0.15) is 44.0 Å². The number of aromatic nitrogens is 2. The standard InChI is InChI=1S/C14H24ClN3/c1-9-4-6-11(7-5-9)12(16)8-13-14(15)10(2)17-18(13)3/h9,11-12H,4-8,16H2,1-3H3. The van der Waals surface area contributed by atoms with Gasteiger partial charge in [0, 0.05) is 19.5 Å². The fourth-order valence-corrected chi connectivity index (χ4v) is 3.24. The van der Waals surface area contributed by atoms with Crippen molar-refractivity contribution >= 4 is 11.6 Å². The Hall–Kier alpha value is -0.540. The Morgan fingerprint density at radius 1 is 1.39 bits per heavy atom. The zero-order valence-electron chi connectivity index (χ0n) is 11.6.